The summed E-state index contributed by atoms with van der Waals surface area (Å²) in [6, 6.07) is -0.155. The van der Waals surface area contributed by atoms with E-state index in [0.717, 1.165) is 0 Å². The smallest absolute Gasteiger partial charge is 0.332 e. The SMILES string of the molecule is CC(CS(C)(=O)=O)NCC1CCC(C(=O)O)O1. The molecule has 17 heavy (non-hydrogen) atoms. The molecule has 0 spiro atoms. The van der Waals surface area contributed by atoms with Crippen LogP contribution in [0, 0.1) is 0 Å². The van der Waals surface area contributed by atoms with Gasteiger partial charge in [0.25, 0.3) is 0 Å². The van der Waals surface area contributed by atoms with Crippen molar-refractivity contribution in [3.8, 4) is 0 Å². The first-order valence-corrected chi connectivity index (χ1v) is 7.63. The highest BCUT2D eigenvalue weighted by Crippen LogP contribution is 2.19. The van der Waals surface area contributed by atoms with E-state index in [0.29, 0.717) is 19.4 Å². The number of sulfone groups is 1. The first-order valence-electron chi connectivity index (χ1n) is 5.57. The molecule has 0 bridgehead atoms. The Morgan fingerprint density at radius 2 is 2.18 bits per heavy atom. The Hall–Kier alpha value is -0.660. The quantitative estimate of drug-likeness (QED) is 0.681. The van der Waals surface area contributed by atoms with Gasteiger partial charge in [-0.05, 0) is 19.8 Å². The topological polar surface area (TPSA) is 92.7 Å². The number of carboxylic acids is 1. The lowest BCUT2D eigenvalue weighted by atomic mass is 10.2. The number of hydrogen-bond acceptors (Lipinski definition) is 5. The summed E-state index contributed by atoms with van der Waals surface area (Å²) in [4.78, 5) is 10.6. The van der Waals surface area contributed by atoms with Crippen molar-refractivity contribution < 1.29 is 23.1 Å². The van der Waals surface area contributed by atoms with Crippen LogP contribution in [-0.2, 0) is 19.4 Å². The van der Waals surface area contributed by atoms with E-state index in [9.17, 15) is 13.2 Å². The Balaban J connectivity index is 2.26. The highest BCUT2D eigenvalue weighted by atomic mass is 32.2. The van der Waals surface area contributed by atoms with Crippen LogP contribution in [0.2, 0.25) is 0 Å². The summed E-state index contributed by atoms with van der Waals surface area (Å²) in [6.07, 6.45) is 1.54. The fraction of sp³-hybridized carbons (Fsp3) is 0.900. The van der Waals surface area contributed by atoms with Crippen molar-refractivity contribution in [2.75, 3.05) is 18.6 Å². The fourth-order valence-electron chi connectivity index (χ4n) is 1.88. The summed E-state index contributed by atoms with van der Waals surface area (Å²) in [5.41, 5.74) is 0. The summed E-state index contributed by atoms with van der Waals surface area (Å²) < 4.78 is 27.4. The Morgan fingerprint density at radius 3 is 2.65 bits per heavy atom. The molecule has 1 saturated heterocycles. The van der Waals surface area contributed by atoms with Crippen LogP contribution < -0.4 is 5.32 Å². The maximum Gasteiger partial charge on any atom is 0.332 e. The van der Waals surface area contributed by atoms with Gasteiger partial charge in [0.1, 0.15) is 9.84 Å². The number of hydrogen-bond donors (Lipinski definition) is 2. The fourth-order valence-corrected chi connectivity index (χ4v) is 2.91. The van der Waals surface area contributed by atoms with Gasteiger partial charge in [0, 0.05) is 18.8 Å². The highest BCUT2D eigenvalue weighted by molar-refractivity contribution is 7.90. The van der Waals surface area contributed by atoms with Crippen molar-refractivity contribution in [2.24, 2.45) is 0 Å². The van der Waals surface area contributed by atoms with E-state index in [2.05, 4.69) is 5.32 Å². The molecule has 0 saturated carbocycles. The molecule has 1 aliphatic heterocycles. The zero-order chi connectivity index (χ0) is 13.1. The van der Waals surface area contributed by atoms with Gasteiger partial charge in [0.05, 0.1) is 11.9 Å². The third-order valence-electron chi connectivity index (χ3n) is 2.63. The van der Waals surface area contributed by atoms with E-state index in [1.54, 1.807) is 6.92 Å². The second-order valence-electron chi connectivity index (χ2n) is 4.56. The van der Waals surface area contributed by atoms with Crippen LogP contribution in [-0.4, -0.2) is 56.3 Å². The first kappa shape index (κ1) is 14.4. The van der Waals surface area contributed by atoms with Crippen LogP contribution in [0.4, 0.5) is 0 Å². The van der Waals surface area contributed by atoms with Crippen molar-refractivity contribution in [3.05, 3.63) is 0 Å². The van der Waals surface area contributed by atoms with E-state index in [-0.39, 0.29) is 17.9 Å². The van der Waals surface area contributed by atoms with Gasteiger partial charge in [-0.25, -0.2) is 13.2 Å². The molecule has 1 heterocycles. The van der Waals surface area contributed by atoms with Gasteiger partial charge in [0.15, 0.2) is 6.10 Å². The molecule has 3 unspecified atom stereocenters. The van der Waals surface area contributed by atoms with Gasteiger partial charge in [-0.3, -0.25) is 0 Å². The largest absolute Gasteiger partial charge is 0.479 e. The van der Waals surface area contributed by atoms with Gasteiger partial charge in [-0.15, -0.1) is 0 Å². The highest BCUT2D eigenvalue weighted by Gasteiger charge is 2.30. The number of nitrogens with one attached hydrogen (secondary N) is 1. The van der Waals surface area contributed by atoms with E-state index in [1.807, 2.05) is 0 Å². The molecule has 1 rings (SSSR count). The van der Waals surface area contributed by atoms with Crippen LogP contribution >= 0.6 is 0 Å². The Kier molecular flexibility index (Phi) is 4.91. The molecule has 0 aromatic heterocycles. The molecule has 0 radical (unpaired) electrons. The van der Waals surface area contributed by atoms with Gasteiger partial charge < -0.3 is 15.2 Å². The third-order valence-corrected chi connectivity index (χ3v) is 3.74. The summed E-state index contributed by atoms with van der Waals surface area (Å²) in [6.45, 7) is 2.27. The average Bonchev–Trinajstić information content (AvgIpc) is 2.60. The van der Waals surface area contributed by atoms with E-state index in [1.165, 1.54) is 6.26 Å². The zero-order valence-corrected chi connectivity index (χ0v) is 10.9. The molecule has 0 aromatic carbocycles. The van der Waals surface area contributed by atoms with Crippen molar-refractivity contribution in [1.29, 1.82) is 0 Å². The van der Waals surface area contributed by atoms with E-state index in [4.69, 9.17) is 9.84 Å². The Labute approximate surface area is 101 Å². The Bertz CT molecular complexity index is 367. The monoisotopic (exact) mass is 265 g/mol. The number of rotatable bonds is 6. The van der Waals surface area contributed by atoms with Crippen LogP contribution in [0.15, 0.2) is 0 Å². The third kappa shape index (κ3) is 5.47. The second-order valence-corrected chi connectivity index (χ2v) is 6.75. The van der Waals surface area contributed by atoms with Crippen LogP contribution in [0.5, 0.6) is 0 Å². The average molecular weight is 265 g/mol. The van der Waals surface area contributed by atoms with Crippen molar-refractivity contribution in [1.82, 2.24) is 5.32 Å². The van der Waals surface area contributed by atoms with Gasteiger partial charge in [-0.1, -0.05) is 0 Å². The summed E-state index contributed by atoms with van der Waals surface area (Å²) >= 11 is 0. The normalized spacial score (nSPS) is 26.9. The molecule has 3 atom stereocenters. The second kappa shape index (κ2) is 5.79. The number of carboxylic acid groups (broad SMARTS) is 1. The molecule has 0 aromatic rings. The molecule has 0 aliphatic carbocycles. The van der Waals surface area contributed by atoms with Gasteiger partial charge in [0.2, 0.25) is 0 Å². The molecule has 7 heteroatoms. The summed E-state index contributed by atoms with van der Waals surface area (Å²) in [7, 11) is -2.99. The lowest BCUT2D eigenvalue weighted by Crippen LogP contribution is -2.38. The molecule has 2 N–H and O–H groups in total. The predicted molar refractivity (Wildman–Crippen MR) is 62.7 cm³/mol. The molecule has 1 fully saturated rings. The minimum atomic E-state index is -2.99. The molecule has 6 nitrogen and oxygen atoms in total. The van der Waals surface area contributed by atoms with Crippen LogP contribution in [0.3, 0.4) is 0 Å². The molecular formula is C10H19NO5S. The van der Waals surface area contributed by atoms with Crippen LogP contribution in [0.1, 0.15) is 19.8 Å². The van der Waals surface area contributed by atoms with Crippen molar-refractivity contribution >= 4 is 15.8 Å². The maximum atomic E-state index is 11.0. The lowest BCUT2D eigenvalue weighted by molar-refractivity contribution is -0.149. The maximum absolute atomic E-state index is 11.0. The molecule has 0 amide bonds. The van der Waals surface area contributed by atoms with Crippen molar-refractivity contribution in [2.45, 2.75) is 38.0 Å². The molecular weight excluding hydrogens is 246 g/mol. The molecule has 100 valence electrons. The number of carbonyl (C=O) groups is 1. The lowest BCUT2D eigenvalue weighted by Gasteiger charge is -2.16. The summed E-state index contributed by atoms with van der Waals surface area (Å²) in [5, 5.41) is 11.8. The minimum Gasteiger partial charge on any atom is -0.479 e. The van der Waals surface area contributed by atoms with Crippen LogP contribution in [0.25, 0.3) is 0 Å². The van der Waals surface area contributed by atoms with E-state index >= 15 is 0 Å². The first-order chi connectivity index (χ1) is 7.78. The van der Waals surface area contributed by atoms with Gasteiger partial charge >= 0.3 is 5.97 Å². The van der Waals surface area contributed by atoms with Gasteiger partial charge in [-0.2, -0.15) is 0 Å². The Morgan fingerprint density at radius 1 is 1.53 bits per heavy atom. The molecule has 1 aliphatic rings. The number of ether oxygens (including phenoxy) is 1. The summed E-state index contributed by atoms with van der Waals surface area (Å²) in [5.74, 6) is -0.862. The number of aliphatic carboxylic acids is 1. The predicted octanol–water partition coefficient (Wildman–Crippen LogP) is -0.359. The standard InChI is InChI=1S/C10H19NO5S/c1-7(6-17(2,14)15)11-5-8-3-4-9(16-8)10(12)13/h7-9,11H,3-6H2,1-2H3,(H,12,13). The van der Waals surface area contributed by atoms with Crippen molar-refractivity contribution in [3.63, 3.8) is 0 Å². The minimum absolute atomic E-state index is 0.0715. The van der Waals surface area contributed by atoms with E-state index < -0.39 is 21.9 Å². The zero-order valence-electron chi connectivity index (χ0n) is 10.0.